The number of nitrogens with zero attached hydrogens (tertiary/aromatic N) is 1. The number of carbonyl (C=O) groups is 2. The van der Waals surface area contributed by atoms with Gasteiger partial charge < -0.3 is 19.4 Å². The number of hydrogen-bond donors (Lipinski definition) is 1. The molecule has 6 heteroatoms. The van der Waals surface area contributed by atoms with Gasteiger partial charge in [-0.05, 0) is 24.3 Å². The second-order valence-corrected chi connectivity index (χ2v) is 6.17. The lowest BCUT2D eigenvalue weighted by atomic mass is 10.1. The van der Waals surface area contributed by atoms with Crippen LogP contribution >= 0.6 is 0 Å². The van der Waals surface area contributed by atoms with Crippen molar-refractivity contribution in [2.45, 2.75) is 6.42 Å². The Morgan fingerprint density at radius 2 is 2.24 bits per heavy atom. The number of methoxy groups -OCH3 is 1. The Morgan fingerprint density at radius 1 is 1.36 bits per heavy atom. The third kappa shape index (κ3) is 4.28. The predicted octanol–water partition coefficient (Wildman–Crippen LogP) is 2.17. The monoisotopic (exact) mass is 342 g/mol. The van der Waals surface area contributed by atoms with Crippen LogP contribution < -0.4 is 5.32 Å². The van der Waals surface area contributed by atoms with Gasteiger partial charge in [0, 0.05) is 50.2 Å². The van der Waals surface area contributed by atoms with Gasteiger partial charge in [-0.1, -0.05) is 12.1 Å². The zero-order valence-corrected chi connectivity index (χ0v) is 14.2. The minimum absolute atomic E-state index is 0.121. The third-order valence-corrected chi connectivity index (χ3v) is 4.34. The average Bonchev–Trinajstić information content (AvgIpc) is 3.28. The number of furan rings is 1. The molecule has 0 aliphatic carbocycles. The summed E-state index contributed by atoms with van der Waals surface area (Å²) in [4.78, 5) is 26.1. The van der Waals surface area contributed by atoms with E-state index in [2.05, 4.69) is 5.32 Å². The molecule has 1 aromatic carbocycles. The Kier molecular flexibility index (Phi) is 5.50. The molecule has 0 bridgehead atoms. The predicted molar refractivity (Wildman–Crippen MR) is 93.0 cm³/mol. The van der Waals surface area contributed by atoms with E-state index in [9.17, 15) is 9.59 Å². The van der Waals surface area contributed by atoms with Crippen LogP contribution in [-0.4, -0.2) is 50.1 Å². The summed E-state index contributed by atoms with van der Waals surface area (Å²) in [5.74, 6) is 0.846. The van der Waals surface area contributed by atoms with Crippen molar-refractivity contribution in [3.05, 3.63) is 48.2 Å². The van der Waals surface area contributed by atoms with Gasteiger partial charge in [0.1, 0.15) is 5.76 Å². The highest BCUT2D eigenvalue weighted by Gasteiger charge is 2.29. The summed E-state index contributed by atoms with van der Waals surface area (Å²) in [6.07, 6.45) is 2.07. The molecule has 1 aliphatic rings. The van der Waals surface area contributed by atoms with Gasteiger partial charge in [0.15, 0.2) is 0 Å². The number of hydrogen-bond acceptors (Lipinski definition) is 4. The summed E-state index contributed by atoms with van der Waals surface area (Å²) in [5, 5.41) is 2.93. The molecule has 25 heavy (non-hydrogen) atoms. The zero-order chi connectivity index (χ0) is 17.6. The van der Waals surface area contributed by atoms with Gasteiger partial charge in [0.2, 0.25) is 5.91 Å². The lowest BCUT2D eigenvalue weighted by molar-refractivity contribution is -0.128. The maximum atomic E-state index is 12.4. The van der Waals surface area contributed by atoms with Crippen LogP contribution in [-0.2, 0) is 9.53 Å². The van der Waals surface area contributed by atoms with Crippen LogP contribution in [0.3, 0.4) is 0 Å². The van der Waals surface area contributed by atoms with E-state index in [0.717, 1.165) is 11.3 Å². The van der Waals surface area contributed by atoms with Crippen molar-refractivity contribution in [3.63, 3.8) is 0 Å². The fourth-order valence-electron chi connectivity index (χ4n) is 3.00. The van der Waals surface area contributed by atoms with Gasteiger partial charge >= 0.3 is 0 Å². The molecular formula is C19H22N2O4. The molecule has 3 rings (SSSR count). The largest absolute Gasteiger partial charge is 0.464 e. The normalized spacial score (nSPS) is 17.1. The molecular weight excluding hydrogens is 320 g/mol. The highest BCUT2D eigenvalue weighted by atomic mass is 16.5. The number of benzene rings is 1. The first-order chi connectivity index (χ1) is 12.2. The first-order valence-electron chi connectivity index (χ1n) is 8.36. The molecule has 132 valence electrons. The number of rotatable bonds is 7. The van der Waals surface area contributed by atoms with Crippen molar-refractivity contribution in [2.24, 2.45) is 5.92 Å². The van der Waals surface area contributed by atoms with E-state index >= 15 is 0 Å². The van der Waals surface area contributed by atoms with Crippen LogP contribution in [0.15, 0.2) is 47.1 Å². The van der Waals surface area contributed by atoms with E-state index in [1.165, 1.54) is 0 Å². The number of carbonyl (C=O) groups excluding carboxylic acids is 2. The smallest absolute Gasteiger partial charge is 0.251 e. The Bertz CT molecular complexity index is 727. The molecule has 1 N–H and O–H groups in total. The maximum Gasteiger partial charge on any atom is 0.251 e. The first-order valence-corrected chi connectivity index (χ1v) is 8.36. The number of likely N-dealkylation sites (tertiary alicyclic amines) is 1. The molecule has 6 nitrogen and oxygen atoms in total. The van der Waals surface area contributed by atoms with Crippen LogP contribution in [0.25, 0.3) is 11.3 Å². The Morgan fingerprint density at radius 3 is 3.00 bits per heavy atom. The van der Waals surface area contributed by atoms with E-state index in [-0.39, 0.29) is 17.7 Å². The molecule has 0 saturated carbocycles. The Balaban J connectivity index is 1.55. The first kappa shape index (κ1) is 17.2. The molecule has 2 aromatic rings. The minimum Gasteiger partial charge on any atom is -0.464 e. The van der Waals surface area contributed by atoms with Crippen molar-refractivity contribution in [3.8, 4) is 11.3 Å². The number of ether oxygens (including phenoxy) is 1. The number of amides is 2. The summed E-state index contributed by atoms with van der Waals surface area (Å²) < 4.78 is 10.4. The SMILES string of the molecule is COCCN1C[C@@H](CNC(=O)c2cccc(-c3ccco3)c2)CC1=O. The molecule has 1 aliphatic heterocycles. The van der Waals surface area contributed by atoms with E-state index < -0.39 is 0 Å². The van der Waals surface area contributed by atoms with Crippen LogP contribution in [0, 0.1) is 5.92 Å². The van der Waals surface area contributed by atoms with Crippen LogP contribution in [0.4, 0.5) is 0 Å². The fraction of sp³-hybridized carbons (Fsp3) is 0.368. The standard InChI is InChI=1S/C19H22N2O4/c1-24-9-7-21-13-14(10-18(21)22)12-20-19(23)16-5-2-4-15(11-16)17-6-3-8-25-17/h2-6,8,11,14H,7,9-10,12-13H2,1H3,(H,20,23)/t14-/m1/s1. The average molecular weight is 342 g/mol. The molecule has 0 unspecified atom stereocenters. The van der Waals surface area contributed by atoms with Crippen LogP contribution in [0.5, 0.6) is 0 Å². The van der Waals surface area contributed by atoms with Crippen molar-refractivity contribution < 1.29 is 18.7 Å². The van der Waals surface area contributed by atoms with Gasteiger partial charge in [-0.25, -0.2) is 0 Å². The van der Waals surface area contributed by atoms with Gasteiger partial charge in [-0.3, -0.25) is 9.59 Å². The van der Waals surface area contributed by atoms with Crippen molar-refractivity contribution in [1.29, 1.82) is 0 Å². The third-order valence-electron chi connectivity index (χ3n) is 4.34. The molecule has 1 fully saturated rings. The second kappa shape index (κ2) is 7.98. The molecule has 1 atom stereocenters. The highest BCUT2D eigenvalue weighted by Crippen LogP contribution is 2.21. The molecule has 0 spiro atoms. The lowest BCUT2D eigenvalue weighted by Gasteiger charge is -2.16. The van der Waals surface area contributed by atoms with Crippen LogP contribution in [0.2, 0.25) is 0 Å². The van der Waals surface area contributed by atoms with Crippen molar-refractivity contribution in [1.82, 2.24) is 10.2 Å². The van der Waals surface area contributed by atoms with E-state index in [1.807, 2.05) is 24.3 Å². The summed E-state index contributed by atoms with van der Waals surface area (Å²) in [7, 11) is 1.62. The van der Waals surface area contributed by atoms with Crippen molar-refractivity contribution in [2.75, 3.05) is 33.4 Å². The number of nitrogens with one attached hydrogen (secondary N) is 1. The highest BCUT2D eigenvalue weighted by molar-refractivity contribution is 5.95. The molecule has 2 heterocycles. The van der Waals surface area contributed by atoms with Gasteiger partial charge in [-0.2, -0.15) is 0 Å². The fourth-order valence-corrected chi connectivity index (χ4v) is 3.00. The molecule has 1 aromatic heterocycles. The van der Waals surface area contributed by atoms with E-state index in [0.29, 0.717) is 38.2 Å². The van der Waals surface area contributed by atoms with E-state index in [4.69, 9.17) is 9.15 Å². The summed E-state index contributed by atoms with van der Waals surface area (Å²) in [6, 6.07) is 11.0. The van der Waals surface area contributed by atoms with E-state index in [1.54, 1.807) is 30.4 Å². The van der Waals surface area contributed by atoms with Gasteiger partial charge in [0.05, 0.1) is 12.9 Å². The maximum absolute atomic E-state index is 12.4. The summed E-state index contributed by atoms with van der Waals surface area (Å²) >= 11 is 0. The molecule has 1 saturated heterocycles. The van der Waals surface area contributed by atoms with Crippen LogP contribution in [0.1, 0.15) is 16.8 Å². The molecule has 2 amide bonds. The topological polar surface area (TPSA) is 71.8 Å². The minimum atomic E-state index is -0.142. The lowest BCUT2D eigenvalue weighted by Crippen LogP contribution is -2.32. The van der Waals surface area contributed by atoms with Crippen molar-refractivity contribution >= 4 is 11.8 Å². The quantitative estimate of drug-likeness (QED) is 0.837. The Hall–Kier alpha value is -2.60. The summed E-state index contributed by atoms with van der Waals surface area (Å²) in [6.45, 7) is 2.28. The van der Waals surface area contributed by atoms with Gasteiger partial charge in [-0.15, -0.1) is 0 Å². The second-order valence-electron chi connectivity index (χ2n) is 6.17. The molecule has 0 radical (unpaired) electrons. The Labute approximate surface area is 146 Å². The zero-order valence-electron chi connectivity index (χ0n) is 14.2. The van der Waals surface area contributed by atoms with Gasteiger partial charge in [0.25, 0.3) is 5.91 Å². The summed E-state index contributed by atoms with van der Waals surface area (Å²) in [5.41, 5.74) is 1.44.